The fourth-order valence-electron chi connectivity index (χ4n) is 3.62. The molecule has 0 amide bonds. The lowest BCUT2D eigenvalue weighted by molar-refractivity contribution is 0.313. The summed E-state index contributed by atoms with van der Waals surface area (Å²) in [5.74, 6) is 0.559. The summed E-state index contributed by atoms with van der Waals surface area (Å²) in [5.41, 5.74) is 5.70. The quantitative estimate of drug-likeness (QED) is 0.560. The number of nitrogens with one attached hydrogen (secondary N) is 2. The number of fused-ring (bicyclic) bond motifs is 1. The Morgan fingerprint density at radius 1 is 0.931 bits per heavy atom. The third-order valence-corrected chi connectivity index (χ3v) is 5.34. The second kappa shape index (κ2) is 7.52. The molecule has 0 saturated carbocycles. The average Bonchev–Trinajstić information content (AvgIpc) is 3.19. The van der Waals surface area contributed by atoms with E-state index >= 15 is 0 Å². The topological polar surface area (TPSA) is 73.0 Å². The van der Waals surface area contributed by atoms with Crippen LogP contribution in [0.4, 0.5) is 17.3 Å². The molecule has 2 N–H and O–H groups in total. The molecule has 5 rings (SSSR count). The lowest BCUT2D eigenvalue weighted by atomic mass is 10.1. The summed E-state index contributed by atoms with van der Waals surface area (Å²) < 4.78 is 0. The van der Waals surface area contributed by atoms with Gasteiger partial charge >= 0.3 is 0 Å². The van der Waals surface area contributed by atoms with E-state index in [2.05, 4.69) is 61.6 Å². The van der Waals surface area contributed by atoms with E-state index in [0.717, 1.165) is 54.2 Å². The third kappa shape index (κ3) is 3.64. The molecule has 29 heavy (non-hydrogen) atoms. The zero-order chi connectivity index (χ0) is 19.6. The van der Waals surface area contributed by atoms with Gasteiger partial charge in [0, 0.05) is 43.1 Å². The van der Waals surface area contributed by atoms with Crippen LogP contribution in [0.15, 0.2) is 60.8 Å². The van der Waals surface area contributed by atoms with Gasteiger partial charge in [-0.2, -0.15) is 5.10 Å². The van der Waals surface area contributed by atoms with Gasteiger partial charge in [0.05, 0.1) is 6.20 Å². The molecule has 4 aromatic rings. The smallest absolute Gasteiger partial charge is 0.227 e. The molecule has 2 aromatic heterocycles. The van der Waals surface area contributed by atoms with E-state index in [0.29, 0.717) is 5.95 Å². The van der Waals surface area contributed by atoms with Gasteiger partial charge < -0.3 is 15.1 Å². The van der Waals surface area contributed by atoms with Crippen LogP contribution in [0.25, 0.3) is 22.3 Å². The molecule has 1 fully saturated rings. The highest BCUT2D eigenvalue weighted by Crippen LogP contribution is 2.26. The first-order chi connectivity index (χ1) is 14.3. The Bertz CT molecular complexity index is 1100. The van der Waals surface area contributed by atoms with Crippen molar-refractivity contribution in [1.82, 2.24) is 25.1 Å². The average molecular weight is 385 g/mol. The second-order valence-corrected chi connectivity index (χ2v) is 7.36. The van der Waals surface area contributed by atoms with Crippen molar-refractivity contribution in [3.8, 4) is 11.3 Å². The zero-order valence-electron chi connectivity index (χ0n) is 16.3. The van der Waals surface area contributed by atoms with Crippen LogP contribution < -0.4 is 10.2 Å². The van der Waals surface area contributed by atoms with Gasteiger partial charge in [-0.15, -0.1) is 0 Å². The fraction of sp³-hybridized carbons (Fsp3) is 0.227. The Morgan fingerprint density at radius 3 is 2.45 bits per heavy atom. The van der Waals surface area contributed by atoms with Gasteiger partial charge in [0.2, 0.25) is 5.95 Å². The van der Waals surface area contributed by atoms with Gasteiger partial charge in [-0.25, -0.2) is 9.97 Å². The minimum Gasteiger partial charge on any atom is -0.369 e. The van der Waals surface area contributed by atoms with Crippen molar-refractivity contribution >= 4 is 28.4 Å². The highest BCUT2D eigenvalue weighted by molar-refractivity contribution is 5.89. The zero-order valence-corrected chi connectivity index (χ0v) is 16.3. The van der Waals surface area contributed by atoms with Gasteiger partial charge in [0.25, 0.3) is 0 Å². The number of piperazine rings is 1. The van der Waals surface area contributed by atoms with Crippen molar-refractivity contribution < 1.29 is 0 Å². The summed E-state index contributed by atoms with van der Waals surface area (Å²) in [6.07, 6.45) is 1.77. The molecule has 1 aliphatic heterocycles. The number of aromatic amines is 1. The number of nitrogens with zero attached hydrogens (tertiary/aromatic N) is 5. The molecule has 0 aliphatic carbocycles. The molecule has 2 aromatic carbocycles. The molecule has 7 nitrogen and oxygen atoms in total. The molecule has 0 spiro atoms. The summed E-state index contributed by atoms with van der Waals surface area (Å²) in [6.45, 7) is 4.32. The van der Waals surface area contributed by atoms with Gasteiger partial charge in [0.15, 0.2) is 0 Å². The Balaban J connectivity index is 1.36. The number of anilines is 3. The van der Waals surface area contributed by atoms with Gasteiger partial charge in [-0.05, 0) is 31.3 Å². The maximum atomic E-state index is 4.70. The maximum Gasteiger partial charge on any atom is 0.227 e. The van der Waals surface area contributed by atoms with Gasteiger partial charge in [0.1, 0.15) is 16.7 Å². The normalized spacial score (nSPS) is 15.0. The van der Waals surface area contributed by atoms with Crippen LogP contribution in [0.5, 0.6) is 0 Å². The van der Waals surface area contributed by atoms with Gasteiger partial charge in [-0.3, -0.25) is 5.10 Å². The van der Waals surface area contributed by atoms with Crippen molar-refractivity contribution in [2.75, 3.05) is 43.4 Å². The van der Waals surface area contributed by atoms with Crippen molar-refractivity contribution in [1.29, 1.82) is 0 Å². The highest BCUT2D eigenvalue weighted by Gasteiger charge is 2.14. The van der Waals surface area contributed by atoms with E-state index < -0.39 is 0 Å². The Morgan fingerprint density at radius 2 is 1.69 bits per heavy atom. The third-order valence-electron chi connectivity index (χ3n) is 5.34. The number of rotatable bonds is 4. The molecular weight excluding hydrogens is 362 g/mol. The largest absolute Gasteiger partial charge is 0.369 e. The first kappa shape index (κ1) is 17.6. The summed E-state index contributed by atoms with van der Waals surface area (Å²) >= 11 is 0. The summed E-state index contributed by atoms with van der Waals surface area (Å²) in [5, 5.41) is 10.7. The Hall–Kier alpha value is -3.45. The van der Waals surface area contributed by atoms with Crippen LogP contribution in [0.3, 0.4) is 0 Å². The van der Waals surface area contributed by atoms with Crippen molar-refractivity contribution in [3.05, 3.63) is 60.8 Å². The molecule has 1 aliphatic rings. The monoisotopic (exact) mass is 385 g/mol. The predicted molar refractivity (Wildman–Crippen MR) is 117 cm³/mol. The minimum atomic E-state index is 0.559. The number of hydrogen-bond acceptors (Lipinski definition) is 6. The number of H-pyrrole nitrogens is 1. The van der Waals surface area contributed by atoms with Crippen LogP contribution in [0, 0.1) is 0 Å². The second-order valence-electron chi connectivity index (χ2n) is 7.36. The minimum absolute atomic E-state index is 0.559. The van der Waals surface area contributed by atoms with Crippen molar-refractivity contribution in [3.63, 3.8) is 0 Å². The molecule has 0 unspecified atom stereocenters. The summed E-state index contributed by atoms with van der Waals surface area (Å²) in [6, 6.07) is 18.5. The van der Waals surface area contributed by atoms with E-state index in [-0.39, 0.29) is 0 Å². The van der Waals surface area contributed by atoms with E-state index in [9.17, 15) is 0 Å². The summed E-state index contributed by atoms with van der Waals surface area (Å²) in [4.78, 5) is 13.9. The standard InChI is InChI=1S/C22H23N7/c1-28-11-13-29(14-12-28)18-9-7-17(8-10-18)24-22-23-15-19-21(25-22)20(27-26-19)16-5-3-2-4-6-16/h2-10,15H,11-14H2,1H3,(H,26,27)(H,23,24,25). The molecule has 0 bridgehead atoms. The van der Waals surface area contributed by atoms with E-state index in [1.807, 2.05) is 30.3 Å². The number of aromatic nitrogens is 4. The summed E-state index contributed by atoms with van der Waals surface area (Å²) in [7, 11) is 2.17. The molecular formula is C22H23N7. The molecule has 0 atom stereocenters. The van der Waals surface area contributed by atoms with E-state index in [1.165, 1.54) is 5.69 Å². The van der Waals surface area contributed by atoms with Crippen LogP contribution in [-0.4, -0.2) is 58.3 Å². The molecule has 7 heteroatoms. The number of likely N-dealkylation sites (N-methyl/N-ethyl adjacent to an activating group) is 1. The van der Waals surface area contributed by atoms with E-state index in [1.54, 1.807) is 6.20 Å². The van der Waals surface area contributed by atoms with Gasteiger partial charge in [-0.1, -0.05) is 30.3 Å². The molecule has 146 valence electrons. The van der Waals surface area contributed by atoms with E-state index in [4.69, 9.17) is 4.98 Å². The van der Waals surface area contributed by atoms with Crippen LogP contribution in [0.1, 0.15) is 0 Å². The first-order valence-corrected chi connectivity index (χ1v) is 9.83. The number of hydrogen-bond donors (Lipinski definition) is 2. The SMILES string of the molecule is CN1CCN(c2ccc(Nc3ncc4[nH]nc(-c5ccccc5)c4n3)cc2)CC1. The lowest BCUT2D eigenvalue weighted by Gasteiger charge is -2.34. The maximum absolute atomic E-state index is 4.70. The Kier molecular flexibility index (Phi) is 4.57. The lowest BCUT2D eigenvalue weighted by Crippen LogP contribution is -2.44. The molecule has 0 radical (unpaired) electrons. The van der Waals surface area contributed by atoms with Crippen molar-refractivity contribution in [2.24, 2.45) is 0 Å². The first-order valence-electron chi connectivity index (χ1n) is 9.83. The highest BCUT2D eigenvalue weighted by atomic mass is 15.2. The molecule has 1 saturated heterocycles. The van der Waals surface area contributed by atoms with Crippen LogP contribution >= 0.6 is 0 Å². The van der Waals surface area contributed by atoms with Crippen molar-refractivity contribution in [2.45, 2.75) is 0 Å². The molecule has 3 heterocycles. The Labute approximate surface area is 169 Å². The number of benzene rings is 2. The fourth-order valence-corrected chi connectivity index (χ4v) is 3.62. The predicted octanol–water partition coefficient (Wildman–Crippen LogP) is 3.52. The van der Waals surface area contributed by atoms with Crippen LogP contribution in [0.2, 0.25) is 0 Å². The van der Waals surface area contributed by atoms with Crippen LogP contribution in [-0.2, 0) is 0 Å².